The minimum Gasteiger partial charge on any atom is -0.487 e. The van der Waals surface area contributed by atoms with Crippen LogP contribution in [-0.2, 0) is 32.4 Å². The molecule has 1 amide bonds. The zero-order valence-corrected chi connectivity index (χ0v) is 18.0. The maximum atomic E-state index is 13.8. The average molecular weight is 443 g/mol. The molecule has 31 heavy (non-hydrogen) atoms. The van der Waals surface area contributed by atoms with Gasteiger partial charge >= 0.3 is 0 Å². The molecule has 0 spiro atoms. The molecule has 1 N–H and O–H groups in total. The van der Waals surface area contributed by atoms with Crippen molar-refractivity contribution in [1.82, 2.24) is 4.90 Å². The van der Waals surface area contributed by atoms with E-state index in [1.54, 1.807) is 6.07 Å². The molecule has 0 saturated carbocycles. The molecule has 3 heterocycles. The van der Waals surface area contributed by atoms with Crippen molar-refractivity contribution in [2.75, 3.05) is 30.4 Å². The fraction of sp³-hybridized carbons (Fsp3) is 0.348. The number of carbonyl (C=O) groups is 1. The van der Waals surface area contributed by atoms with E-state index in [2.05, 4.69) is 16.3 Å². The number of carbonyl (C=O) groups excluding carboxylic acids is 1. The lowest BCUT2D eigenvalue weighted by molar-refractivity contribution is -0.110. The molecule has 8 heteroatoms. The van der Waals surface area contributed by atoms with Crippen LogP contribution in [0.2, 0.25) is 0 Å². The number of fused-ring (bicyclic) bond motifs is 2. The molecule has 1 unspecified atom stereocenters. The van der Waals surface area contributed by atoms with E-state index in [1.807, 2.05) is 19.2 Å². The summed E-state index contributed by atoms with van der Waals surface area (Å²) in [4.78, 5) is 14.7. The smallest absolute Gasteiger partial charge is 0.260 e. The number of nitrogens with one attached hydrogen (secondary N) is 1. The molecule has 1 saturated heterocycles. The van der Waals surface area contributed by atoms with Gasteiger partial charge in [0.25, 0.3) is 5.91 Å². The van der Waals surface area contributed by atoms with Gasteiger partial charge in [-0.15, -0.1) is 0 Å². The summed E-state index contributed by atoms with van der Waals surface area (Å²) in [5, 5.41) is 2.77. The molecule has 1 atom stereocenters. The molecule has 2 aromatic carbocycles. The van der Waals surface area contributed by atoms with Crippen LogP contribution in [0.1, 0.15) is 28.7 Å². The molecule has 1 fully saturated rings. The topological polar surface area (TPSA) is 75.7 Å². The van der Waals surface area contributed by atoms with Gasteiger partial charge in [-0.2, -0.15) is 0 Å². The summed E-state index contributed by atoms with van der Waals surface area (Å²) in [5.74, 6) is 0.303. The summed E-state index contributed by atoms with van der Waals surface area (Å²) in [6, 6.07) is 10.3. The van der Waals surface area contributed by atoms with Crippen molar-refractivity contribution in [3.63, 3.8) is 0 Å². The summed E-state index contributed by atoms with van der Waals surface area (Å²) >= 11 is 0. The third-order valence-electron chi connectivity index (χ3n) is 6.32. The third-order valence-corrected chi connectivity index (χ3v) is 8.07. The highest BCUT2D eigenvalue weighted by Gasteiger charge is 2.33. The lowest BCUT2D eigenvalue weighted by Gasteiger charge is -2.23. The molecule has 3 aliphatic heterocycles. The number of halogens is 1. The number of anilines is 1. The van der Waals surface area contributed by atoms with Crippen molar-refractivity contribution in [2.24, 2.45) is 0 Å². The highest BCUT2D eigenvalue weighted by molar-refractivity contribution is 7.91. The van der Waals surface area contributed by atoms with Gasteiger partial charge in [0, 0.05) is 35.0 Å². The maximum Gasteiger partial charge on any atom is 0.260 e. The van der Waals surface area contributed by atoms with Gasteiger partial charge in [-0.3, -0.25) is 4.79 Å². The first-order valence-corrected chi connectivity index (χ1v) is 12.1. The van der Waals surface area contributed by atoms with E-state index >= 15 is 0 Å². The summed E-state index contributed by atoms with van der Waals surface area (Å²) in [6.45, 7) is 1.12. The Bertz CT molecular complexity index is 1220. The van der Waals surface area contributed by atoms with E-state index in [0.29, 0.717) is 35.6 Å². The van der Waals surface area contributed by atoms with Gasteiger partial charge < -0.3 is 15.0 Å². The van der Waals surface area contributed by atoms with Crippen LogP contribution >= 0.6 is 0 Å². The molecular formula is C23H23FN2O4S. The second-order valence-corrected chi connectivity index (χ2v) is 10.6. The maximum absolute atomic E-state index is 13.8. The Labute approximate surface area is 180 Å². The molecule has 0 bridgehead atoms. The number of amides is 1. The minimum atomic E-state index is -2.89. The summed E-state index contributed by atoms with van der Waals surface area (Å²) in [5.41, 5.74) is 4.43. The minimum absolute atomic E-state index is 0.0837. The lowest BCUT2D eigenvalue weighted by atomic mass is 9.98. The van der Waals surface area contributed by atoms with Crippen LogP contribution < -0.4 is 5.32 Å². The SMILES string of the molecule is CN(CCc1ccc2c(c1)COC2=C1C(=O)Nc2ccc(F)cc21)C1CCS(=O)(=O)C1. The fourth-order valence-corrected chi connectivity index (χ4v) is 6.36. The molecule has 3 aliphatic rings. The standard InChI is InChI=1S/C23H23FN2O4S/c1-26(17-7-9-31(28,29)13-17)8-6-14-2-4-18-15(10-14)12-30-22(18)21-19-11-16(24)3-5-20(19)25-23(21)27/h2-5,10-11,17H,6-9,12-13H2,1H3,(H,25,27). The second kappa shape index (κ2) is 7.46. The Morgan fingerprint density at radius 1 is 1.19 bits per heavy atom. The van der Waals surface area contributed by atoms with E-state index in [0.717, 1.165) is 29.7 Å². The number of hydrogen-bond acceptors (Lipinski definition) is 5. The van der Waals surface area contributed by atoms with Crippen LogP contribution in [0.15, 0.2) is 36.4 Å². The highest BCUT2D eigenvalue weighted by Crippen LogP contribution is 2.42. The van der Waals surface area contributed by atoms with Crippen LogP contribution in [0.25, 0.3) is 11.3 Å². The van der Waals surface area contributed by atoms with E-state index in [1.165, 1.54) is 12.1 Å². The summed E-state index contributed by atoms with van der Waals surface area (Å²) in [7, 11) is -0.922. The van der Waals surface area contributed by atoms with Crippen LogP contribution in [0.3, 0.4) is 0 Å². The molecule has 162 valence electrons. The van der Waals surface area contributed by atoms with Gasteiger partial charge in [0.2, 0.25) is 0 Å². The zero-order chi connectivity index (χ0) is 21.8. The normalized spacial score (nSPS) is 23.6. The predicted molar refractivity (Wildman–Crippen MR) is 116 cm³/mol. The van der Waals surface area contributed by atoms with Crippen molar-refractivity contribution in [1.29, 1.82) is 0 Å². The van der Waals surface area contributed by atoms with Crippen LogP contribution in [0, 0.1) is 5.82 Å². The van der Waals surface area contributed by atoms with E-state index in [-0.39, 0.29) is 23.5 Å². The monoisotopic (exact) mass is 442 g/mol. The molecular weight excluding hydrogens is 419 g/mol. The van der Waals surface area contributed by atoms with Crippen molar-refractivity contribution in [3.8, 4) is 0 Å². The quantitative estimate of drug-likeness (QED) is 0.737. The highest BCUT2D eigenvalue weighted by atomic mass is 32.2. The van der Waals surface area contributed by atoms with Gasteiger partial charge in [0.1, 0.15) is 18.2 Å². The second-order valence-electron chi connectivity index (χ2n) is 8.42. The average Bonchev–Trinajstić information content (AvgIpc) is 3.39. The van der Waals surface area contributed by atoms with E-state index in [9.17, 15) is 17.6 Å². The number of hydrogen-bond donors (Lipinski definition) is 1. The van der Waals surface area contributed by atoms with E-state index < -0.39 is 15.7 Å². The predicted octanol–water partition coefficient (Wildman–Crippen LogP) is 2.84. The summed E-state index contributed by atoms with van der Waals surface area (Å²) < 4.78 is 43.1. The third kappa shape index (κ3) is 3.74. The zero-order valence-electron chi connectivity index (χ0n) is 17.2. The number of nitrogens with zero attached hydrogens (tertiary/aromatic N) is 1. The fourth-order valence-electron chi connectivity index (χ4n) is 4.55. The lowest BCUT2D eigenvalue weighted by Crippen LogP contribution is -2.34. The van der Waals surface area contributed by atoms with Gasteiger partial charge in [-0.25, -0.2) is 12.8 Å². The Morgan fingerprint density at radius 3 is 2.81 bits per heavy atom. The first-order valence-electron chi connectivity index (χ1n) is 10.3. The van der Waals surface area contributed by atoms with Gasteiger partial charge in [-0.05, 0) is 43.7 Å². The Hall–Kier alpha value is -2.71. The number of rotatable bonds is 4. The Balaban J connectivity index is 1.36. The van der Waals surface area contributed by atoms with Crippen molar-refractivity contribution < 1.29 is 22.3 Å². The van der Waals surface area contributed by atoms with Crippen molar-refractivity contribution in [2.45, 2.75) is 25.5 Å². The van der Waals surface area contributed by atoms with Crippen LogP contribution in [0.5, 0.6) is 0 Å². The Morgan fingerprint density at radius 2 is 2.03 bits per heavy atom. The Kier molecular flexibility index (Phi) is 4.86. The number of likely N-dealkylation sites (N-methyl/N-ethyl adjacent to an activating group) is 1. The molecule has 0 aromatic heterocycles. The largest absolute Gasteiger partial charge is 0.487 e. The van der Waals surface area contributed by atoms with Crippen molar-refractivity contribution in [3.05, 3.63) is 64.5 Å². The molecule has 0 radical (unpaired) electrons. The number of sulfone groups is 1. The molecule has 6 nitrogen and oxygen atoms in total. The van der Waals surface area contributed by atoms with Gasteiger partial charge in [-0.1, -0.05) is 18.2 Å². The summed E-state index contributed by atoms with van der Waals surface area (Å²) in [6.07, 6.45) is 1.48. The van der Waals surface area contributed by atoms with Gasteiger partial charge in [0.15, 0.2) is 9.84 Å². The van der Waals surface area contributed by atoms with Gasteiger partial charge in [0.05, 0.1) is 17.1 Å². The first kappa shape index (κ1) is 20.2. The number of benzene rings is 2. The van der Waals surface area contributed by atoms with Crippen LogP contribution in [-0.4, -0.2) is 50.4 Å². The van der Waals surface area contributed by atoms with Crippen LogP contribution in [0.4, 0.5) is 10.1 Å². The molecule has 0 aliphatic carbocycles. The van der Waals surface area contributed by atoms with Crippen molar-refractivity contribution >= 4 is 32.8 Å². The molecule has 2 aromatic rings. The van der Waals surface area contributed by atoms with E-state index in [4.69, 9.17) is 4.74 Å². The first-order chi connectivity index (χ1) is 14.8. The number of ether oxygens (including phenoxy) is 1. The molecule has 5 rings (SSSR count).